The smallest absolute Gasteiger partial charge is 0.306 e. The van der Waals surface area contributed by atoms with E-state index >= 15 is 0 Å². The second-order valence-corrected chi connectivity index (χ2v) is 14.0. The van der Waals surface area contributed by atoms with E-state index in [1.54, 1.807) is 0 Å². The van der Waals surface area contributed by atoms with E-state index in [0.29, 0.717) is 13.0 Å². The van der Waals surface area contributed by atoms with Crippen molar-refractivity contribution >= 4 is 5.97 Å². The molecule has 0 aliphatic rings. The van der Waals surface area contributed by atoms with Crippen molar-refractivity contribution in [1.82, 2.24) is 0 Å². The van der Waals surface area contributed by atoms with E-state index in [1.165, 1.54) is 122 Å². The van der Waals surface area contributed by atoms with Crippen LogP contribution in [0.2, 0.25) is 0 Å². The summed E-state index contributed by atoms with van der Waals surface area (Å²) in [4.78, 5) is 12.2. The Morgan fingerprint density at radius 3 is 1.33 bits per heavy atom. The molecule has 0 heterocycles. The minimum Gasteiger partial charge on any atom is -0.457 e. The highest BCUT2D eigenvalue weighted by atomic mass is 16.6. The summed E-state index contributed by atoms with van der Waals surface area (Å²) in [6.45, 7) is 5.19. The van der Waals surface area contributed by atoms with Gasteiger partial charge in [-0.15, -0.1) is 0 Å². The molecular weight excluding hydrogens is 629 g/mol. The van der Waals surface area contributed by atoms with Crippen LogP contribution in [0.3, 0.4) is 0 Å². The van der Waals surface area contributed by atoms with E-state index in [-0.39, 0.29) is 19.2 Å². The zero-order valence-electron chi connectivity index (χ0n) is 33.6. The third-order valence-corrected chi connectivity index (χ3v) is 9.02. The van der Waals surface area contributed by atoms with Crippen molar-refractivity contribution in [1.29, 1.82) is 0 Å². The van der Waals surface area contributed by atoms with Gasteiger partial charge in [-0.1, -0.05) is 177 Å². The van der Waals surface area contributed by atoms with Gasteiger partial charge in [-0.05, 0) is 83.5 Å². The highest BCUT2D eigenvalue weighted by molar-refractivity contribution is 5.69. The Kier molecular flexibility index (Phi) is 42.1. The first-order valence-corrected chi connectivity index (χ1v) is 21.5. The number of ether oxygens (including phenoxy) is 2. The third kappa shape index (κ3) is 42.1. The summed E-state index contributed by atoms with van der Waals surface area (Å²) >= 11 is 0. The number of unbranched alkanes of at least 4 members (excludes halogenated alkanes) is 19. The number of hydrogen-bond acceptors (Lipinski definition) is 4. The molecule has 0 aliphatic carbocycles. The molecule has 294 valence electrons. The van der Waals surface area contributed by atoms with Crippen molar-refractivity contribution in [3.8, 4) is 0 Å². The van der Waals surface area contributed by atoms with E-state index in [9.17, 15) is 9.90 Å². The molecule has 0 spiro atoms. The molecule has 1 atom stereocenters. The Morgan fingerprint density at radius 1 is 0.490 bits per heavy atom. The fourth-order valence-corrected chi connectivity index (χ4v) is 5.82. The van der Waals surface area contributed by atoms with Crippen molar-refractivity contribution in [2.24, 2.45) is 0 Å². The molecule has 0 aromatic carbocycles. The Balaban J connectivity index is 3.47. The molecule has 51 heavy (non-hydrogen) atoms. The van der Waals surface area contributed by atoms with Crippen LogP contribution in [0.25, 0.3) is 0 Å². The monoisotopic (exact) mass is 711 g/mol. The lowest BCUT2D eigenvalue weighted by molar-refractivity contribution is -0.154. The zero-order valence-corrected chi connectivity index (χ0v) is 33.6. The van der Waals surface area contributed by atoms with Crippen LogP contribution >= 0.6 is 0 Å². The van der Waals surface area contributed by atoms with Crippen LogP contribution in [0.15, 0.2) is 72.9 Å². The predicted molar refractivity (Wildman–Crippen MR) is 223 cm³/mol. The third-order valence-electron chi connectivity index (χ3n) is 9.02. The zero-order chi connectivity index (χ0) is 37.0. The second kappa shape index (κ2) is 44.0. The fourth-order valence-electron chi connectivity index (χ4n) is 5.82. The van der Waals surface area contributed by atoms with Crippen molar-refractivity contribution < 1.29 is 19.4 Å². The van der Waals surface area contributed by atoms with Gasteiger partial charge >= 0.3 is 5.97 Å². The molecule has 0 aromatic heterocycles. The molecule has 0 amide bonds. The highest BCUT2D eigenvalue weighted by Crippen LogP contribution is 2.13. The molecular formula is C47H82O4. The van der Waals surface area contributed by atoms with E-state index in [0.717, 1.165) is 51.4 Å². The lowest BCUT2D eigenvalue weighted by Gasteiger charge is -2.16. The Bertz CT molecular complexity index is 881. The number of aliphatic hydroxyl groups is 1. The summed E-state index contributed by atoms with van der Waals surface area (Å²) < 4.78 is 11.2. The molecule has 0 bridgehead atoms. The van der Waals surface area contributed by atoms with Gasteiger partial charge in [0.05, 0.1) is 13.2 Å². The molecule has 0 saturated heterocycles. The van der Waals surface area contributed by atoms with Gasteiger partial charge in [-0.3, -0.25) is 4.79 Å². The molecule has 4 nitrogen and oxygen atoms in total. The van der Waals surface area contributed by atoms with Crippen molar-refractivity contribution in [3.63, 3.8) is 0 Å². The minimum absolute atomic E-state index is 0.180. The van der Waals surface area contributed by atoms with Gasteiger partial charge in [0, 0.05) is 13.0 Å². The van der Waals surface area contributed by atoms with Crippen LogP contribution in [-0.4, -0.2) is 37.0 Å². The largest absolute Gasteiger partial charge is 0.457 e. The van der Waals surface area contributed by atoms with E-state index in [4.69, 9.17) is 9.47 Å². The summed E-state index contributed by atoms with van der Waals surface area (Å²) in [5.41, 5.74) is 0. The Hall–Kier alpha value is -2.17. The fraction of sp³-hybridized carbons (Fsp3) is 0.723. The lowest BCUT2D eigenvalue weighted by Crippen LogP contribution is -2.27. The van der Waals surface area contributed by atoms with E-state index < -0.39 is 6.10 Å². The number of rotatable bonds is 39. The summed E-state index contributed by atoms with van der Waals surface area (Å²) in [6.07, 6.45) is 59.6. The van der Waals surface area contributed by atoms with Gasteiger partial charge in [-0.2, -0.15) is 0 Å². The van der Waals surface area contributed by atoms with Gasteiger partial charge in [0.25, 0.3) is 0 Å². The SMILES string of the molecule is CC/C=C\C/C=C\C/C=C\C/C=C\CCCCCCCCCCCOCC(CO)OC(=O)CCCCCCCCC/C=C\C/C=C\CCCCC. The van der Waals surface area contributed by atoms with Crippen molar-refractivity contribution in [3.05, 3.63) is 72.9 Å². The van der Waals surface area contributed by atoms with Crippen LogP contribution in [0.4, 0.5) is 0 Å². The highest BCUT2D eigenvalue weighted by Gasteiger charge is 2.13. The minimum atomic E-state index is -0.545. The number of carbonyl (C=O) groups excluding carboxylic acids is 1. The second-order valence-electron chi connectivity index (χ2n) is 14.0. The first kappa shape index (κ1) is 48.8. The summed E-state index contributed by atoms with van der Waals surface area (Å²) in [7, 11) is 0. The number of hydrogen-bond donors (Lipinski definition) is 1. The standard InChI is InChI=1S/C47H82O4/c1-3-5-7-9-11-13-15-17-19-21-22-23-24-25-27-29-31-33-35-37-39-41-43-50-45-46(44-48)51-47(49)42-40-38-36-34-32-30-28-26-20-18-16-14-12-10-8-6-4-2/h5,7,11-14,17-20,22-23,46,48H,3-4,6,8-10,15-16,21,24-45H2,1-2H3/b7-5-,13-11-,14-12-,19-17-,20-18-,23-22-. The molecule has 4 heteroatoms. The first-order valence-electron chi connectivity index (χ1n) is 21.5. The lowest BCUT2D eigenvalue weighted by atomic mass is 10.1. The van der Waals surface area contributed by atoms with Crippen LogP contribution in [-0.2, 0) is 14.3 Å². The molecule has 0 fully saturated rings. The molecule has 0 rings (SSSR count). The van der Waals surface area contributed by atoms with E-state index in [2.05, 4.69) is 86.8 Å². The Morgan fingerprint density at radius 2 is 0.882 bits per heavy atom. The number of allylic oxidation sites excluding steroid dienone is 12. The summed E-state index contributed by atoms with van der Waals surface area (Å²) in [6, 6.07) is 0. The average Bonchev–Trinajstić information content (AvgIpc) is 3.14. The van der Waals surface area contributed by atoms with Gasteiger partial charge in [-0.25, -0.2) is 0 Å². The van der Waals surface area contributed by atoms with Crippen molar-refractivity contribution in [2.45, 2.75) is 200 Å². The molecule has 0 aromatic rings. The van der Waals surface area contributed by atoms with Crippen LogP contribution < -0.4 is 0 Å². The molecule has 0 saturated carbocycles. The summed E-state index contributed by atoms with van der Waals surface area (Å²) in [5, 5.41) is 9.60. The summed E-state index contributed by atoms with van der Waals surface area (Å²) in [5.74, 6) is -0.213. The van der Waals surface area contributed by atoms with Crippen LogP contribution in [0.1, 0.15) is 194 Å². The van der Waals surface area contributed by atoms with Gasteiger partial charge in [0.2, 0.25) is 0 Å². The molecule has 1 unspecified atom stereocenters. The number of aliphatic hydroxyl groups excluding tert-OH is 1. The Labute approximate surface area is 317 Å². The maximum atomic E-state index is 12.2. The van der Waals surface area contributed by atoms with Crippen LogP contribution in [0, 0.1) is 0 Å². The molecule has 0 radical (unpaired) electrons. The molecule has 0 aliphatic heterocycles. The maximum Gasteiger partial charge on any atom is 0.306 e. The van der Waals surface area contributed by atoms with Gasteiger partial charge in [0.15, 0.2) is 0 Å². The number of esters is 1. The predicted octanol–water partition coefficient (Wildman–Crippen LogP) is 14.2. The topological polar surface area (TPSA) is 55.8 Å². The first-order chi connectivity index (χ1) is 25.2. The quantitative estimate of drug-likeness (QED) is 0.0392. The normalized spacial score (nSPS) is 13.1. The van der Waals surface area contributed by atoms with Crippen LogP contribution in [0.5, 0.6) is 0 Å². The van der Waals surface area contributed by atoms with Gasteiger partial charge < -0.3 is 14.6 Å². The number of carbonyl (C=O) groups is 1. The van der Waals surface area contributed by atoms with Crippen molar-refractivity contribution in [2.75, 3.05) is 19.8 Å². The molecule has 1 N–H and O–H groups in total. The van der Waals surface area contributed by atoms with E-state index in [1.807, 2.05) is 0 Å². The van der Waals surface area contributed by atoms with Gasteiger partial charge in [0.1, 0.15) is 6.10 Å². The average molecular weight is 711 g/mol. The maximum absolute atomic E-state index is 12.2.